The van der Waals surface area contributed by atoms with Crippen molar-refractivity contribution in [2.45, 2.75) is 19.0 Å². The zero-order valence-electron chi connectivity index (χ0n) is 20.2. The first kappa shape index (κ1) is 28.4. The van der Waals surface area contributed by atoms with E-state index in [-0.39, 0.29) is 23.7 Å². The second-order valence-electron chi connectivity index (χ2n) is 8.34. The van der Waals surface area contributed by atoms with E-state index in [9.17, 15) is 22.4 Å². The Hall–Kier alpha value is -3.14. The van der Waals surface area contributed by atoms with Gasteiger partial charge in [-0.15, -0.1) is 0 Å². The fraction of sp³-hybridized carbons (Fsp3) is 0.231. The minimum Gasteiger partial charge on any atom is -0.357 e. The number of nitrogens with one attached hydrogen (secondary N) is 1. The van der Waals surface area contributed by atoms with Crippen molar-refractivity contribution in [3.8, 4) is 0 Å². The molecule has 3 aromatic rings. The van der Waals surface area contributed by atoms with Crippen LogP contribution >= 0.6 is 23.2 Å². The summed E-state index contributed by atoms with van der Waals surface area (Å²) in [5.74, 6) is -1.79. The second-order valence-corrected chi connectivity index (χ2v) is 11.1. The predicted molar refractivity (Wildman–Crippen MR) is 144 cm³/mol. The number of anilines is 1. The lowest BCUT2D eigenvalue weighted by atomic mass is 10.0. The van der Waals surface area contributed by atoms with E-state index < -0.39 is 40.2 Å². The van der Waals surface area contributed by atoms with E-state index in [0.717, 1.165) is 28.3 Å². The van der Waals surface area contributed by atoms with Crippen LogP contribution in [0.2, 0.25) is 10.0 Å². The Labute approximate surface area is 225 Å². The van der Waals surface area contributed by atoms with Crippen molar-refractivity contribution in [1.29, 1.82) is 0 Å². The van der Waals surface area contributed by atoms with E-state index in [0.29, 0.717) is 10.6 Å². The lowest BCUT2D eigenvalue weighted by molar-refractivity contribution is -0.139. The molecular formula is C26H26Cl2FN3O4S. The van der Waals surface area contributed by atoms with Gasteiger partial charge < -0.3 is 10.2 Å². The highest BCUT2D eigenvalue weighted by Gasteiger charge is 2.32. The molecule has 0 spiro atoms. The highest BCUT2D eigenvalue weighted by molar-refractivity contribution is 7.92. The monoisotopic (exact) mass is 565 g/mol. The molecule has 0 unspecified atom stereocenters. The molecule has 0 aromatic heterocycles. The molecule has 7 nitrogen and oxygen atoms in total. The fourth-order valence-corrected chi connectivity index (χ4v) is 5.04. The molecule has 0 aliphatic rings. The van der Waals surface area contributed by atoms with Crippen LogP contribution in [-0.4, -0.2) is 51.0 Å². The summed E-state index contributed by atoms with van der Waals surface area (Å²) in [6.07, 6.45) is 1.12. The Balaban J connectivity index is 2.04. The average Bonchev–Trinajstić information content (AvgIpc) is 2.86. The Morgan fingerprint density at radius 1 is 0.973 bits per heavy atom. The van der Waals surface area contributed by atoms with Crippen molar-refractivity contribution >= 4 is 50.7 Å². The summed E-state index contributed by atoms with van der Waals surface area (Å²) in [5.41, 5.74) is 1.48. The molecule has 0 radical (unpaired) electrons. The van der Waals surface area contributed by atoms with Crippen LogP contribution < -0.4 is 9.62 Å². The smallest absolute Gasteiger partial charge is 0.244 e. The molecule has 3 aromatic carbocycles. The third kappa shape index (κ3) is 7.67. The van der Waals surface area contributed by atoms with E-state index in [4.69, 9.17) is 23.2 Å². The number of halogens is 3. The summed E-state index contributed by atoms with van der Waals surface area (Å²) in [6, 6.07) is 18.4. The van der Waals surface area contributed by atoms with Gasteiger partial charge in [-0.3, -0.25) is 13.9 Å². The van der Waals surface area contributed by atoms with Gasteiger partial charge in [0, 0.05) is 25.0 Å². The molecule has 0 heterocycles. The molecule has 1 N–H and O–H groups in total. The lowest BCUT2D eigenvalue weighted by Gasteiger charge is -2.33. The van der Waals surface area contributed by atoms with Crippen molar-refractivity contribution in [1.82, 2.24) is 10.2 Å². The third-order valence-corrected chi connectivity index (χ3v) is 7.30. The summed E-state index contributed by atoms with van der Waals surface area (Å²) in [4.78, 5) is 28.1. The van der Waals surface area contributed by atoms with Gasteiger partial charge in [-0.2, -0.15) is 0 Å². The molecule has 3 rings (SSSR count). The zero-order chi connectivity index (χ0) is 27.2. The van der Waals surface area contributed by atoms with Crippen LogP contribution in [0.4, 0.5) is 10.1 Å². The molecule has 0 saturated heterocycles. The minimum atomic E-state index is -3.98. The van der Waals surface area contributed by atoms with Crippen LogP contribution in [0.5, 0.6) is 0 Å². The normalized spacial score (nSPS) is 12.0. The maximum absolute atomic E-state index is 13.8. The molecule has 0 fully saturated rings. The predicted octanol–water partition coefficient (Wildman–Crippen LogP) is 4.28. The van der Waals surface area contributed by atoms with Crippen molar-refractivity contribution in [3.63, 3.8) is 0 Å². The summed E-state index contributed by atoms with van der Waals surface area (Å²) in [5, 5.41) is 2.75. The number of sulfonamides is 1. The molecule has 0 aliphatic heterocycles. The standard InChI is InChI=1S/C26H26Cl2FN3O4S/c1-30-26(34)24(14-18-7-4-3-5-8-18)31(16-19-9-6-10-20(27)13-19)25(33)17-32(37(2,35)36)21-11-12-23(29)22(28)15-21/h3-13,15,24H,14,16-17H2,1-2H3,(H,30,34)/t24-/m0/s1. The largest absolute Gasteiger partial charge is 0.357 e. The second kappa shape index (κ2) is 12.4. The summed E-state index contributed by atoms with van der Waals surface area (Å²) >= 11 is 12.0. The fourth-order valence-electron chi connectivity index (χ4n) is 3.81. The van der Waals surface area contributed by atoms with Gasteiger partial charge in [0.25, 0.3) is 0 Å². The first-order valence-electron chi connectivity index (χ1n) is 11.2. The molecule has 37 heavy (non-hydrogen) atoms. The number of likely N-dealkylation sites (N-methyl/N-ethyl adjacent to an activating group) is 1. The number of hydrogen-bond donors (Lipinski definition) is 1. The molecular weight excluding hydrogens is 540 g/mol. The molecule has 1 atom stereocenters. The van der Waals surface area contributed by atoms with E-state index in [1.165, 1.54) is 18.0 Å². The van der Waals surface area contributed by atoms with Crippen LogP contribution in [0.15, 0.2) is 72.8 Å². The van der Waals surface area contributed by atoms with Crippen LogP contribution in [0, 0.1) is 5.82 Å². The summed E-state index contributed by atoms with van der Waals surface area (Å²) < 4.78 is 39.9. The quantitative estimate of drug-likeness (QED) is 0.397. The van der Waals surface area contributed by atoms with Crippen LogP contribution in [0.1, 0.15) is 11.1 Å². The van der Waals surface area contributed by atoms with Crippen molar-refractivity contribution in [3.05, 3.63) is 99.8 Å². The summed E-state index contributed by atoms with van der Waals surface area (Å²) in [7, 11) is -2.52. The number of benzene rings is 3. The average molecular weight is 566 g/mol. The number of nitrogens with zero attached hydrogens (tertiary/aromatic N) is 2. The van der Waals surface area contributed by atoms with Crippen molar-refractivity contribution in [2.75, 3.05) is 24.2 Å². The van der Waals surface area contributed by atoms with Gasteiger partial charge in [-0.25, -0.2) is 12.8 Å². The van der Waals surface area contributed by atoms with Gasteiger partial charge >= 0.3 is 0 Å². The number of amides is 2. The van der Waals surface area contributed by atoms with E-state index in [1.807, 2.05) is 30.3 Å². The minimum absolute atomic E-state index is 0.00785. The summed E-state index contributed by atoms with van der Waals surface area (Å²) in [6.45, 7) is -0.643. The van der Waals surface area contributed by atoms with Gasteiger partial charge in [0.15, 0.2) is 0 Å². The highest BCUT2D eigenvalue weighted by Crippen LogP contribution is 2.25. The molecule has 196 valence electrons. The van der Waals surface area contributed by atoms with Gasteiger partial charge in [0.1, 0.15) is 18.4 Å². The zero-order valence-corrected chi connectivity index (χ0v) is 22.5. The lowest BCUT2D eigenvalue weighted by Crippen LogP contribution is -2.52. The molecule has 2 amide bonds. The first-order valence-corrected chi connectivity index (χ1v) is 13.8. The number of carbonyl (C=O) groups excluding carboxylic acids is 2. The van der Waals surface area contributed by atoms with E-state index >= 15 is 0 Å². The SMILES string of the molecule is CNC(=O)[C@H](Cc1ccccc1)N(Cc1cccc(Cl)c1)C(=O)CN(c1ccc(F)c(Cl)c1)S(C)(=O)=O. The topological polar surface area (TPSA) is 86.8 Å². The van der Waals surface area contributed by atoms with E-state index in [2.05, 4.69) is 5.32 Å². The Morgan fingerprint density at radius 2 is 1.65 bits per heavy atom. The number of carbonyl (C=O) groups is 2. The first-order chi connectivity index (χ1) is 17.5. The third-order valence-electron chi connectivity index (χ3n) is 5.63. The van der Waals surface area contributed by atoms with Crippen LogP contribution in [0.3, 0.4) is 0 Å². The molecule has 0 aliphatic carbocycles. The maximum atomic E-state index is 13.8. The Bertz CT molecular complexity index is 1370. The van der Waals surface area contributed by atoms with Crippen molar-refractivity contribution < 1.29 is 22.4 Å². The van der Waals surface area contributed by atoms with Crippen molar-refractivity contribution in [2.24, 2.45) is 0 Å². The Kier molecular flexibility index (Phi) is 9.53. The van der Waals surface area contributed by atoms with E-state index in [1.54, 1.807) is 24.3 Å². The van der Waals surface area contributed by atoms with Gasteiger partial charge in [0.05, 0.1) is 17.0 Å². The molecule has 0 saturated carbocycles. The van der Waals surface area contributed by atoms with Gasteiger partial charge in [-0.05, 0) is 41.5 Å². The van der Waals surface area contributed by atoms with Gasteiger partial charge in [0.2, 0.25) is 21.8 Å². The van der Waals surface area contributed by atoms with Crippen LogP contribution in [-0.2, 0) is 32.6 Å². The molecule has 11 heteroatoms. The maximum Gasteiger partial charge on any atom is 0.244 e. The van der Waals surface area contributed by atoms with Gasteiger partial charge in [-0.1, -0.05) is 65.7 Å². The molecule has 0 bridgehead atoms. The highest BCUT2D eigenvalue weighted by atomic mass is 35.5. The number of hydrogen-bond acceptors (Lipinski definition) is 4. The van der Waals surface area contributed by atoms with Crippen LogP contribution in [0.25, 0.3) is 0 Å². The number of rotatable bonds is 10. The Morgan fingerprint density at radius 3 is 2.24 bits per heavy atom.